The van der Waals surface area contributed by atoms with Crippen LogP contribution in [0.4, 0.5) is 0 Å². The van der Waals surface area contributed by atoms with Gasteiger partial charge in [0.05, 0.1) is 11.6 Å². The minimum Gasteiger partial charge on any atom is -0.490 e. The van der Waals surface area contributed by atoms with Crippen LogP contribution in [0.25, 0.3) is 11.1 Å². The van der Waals surface area contributed by atoms with Gasteiger partial charge in [0.2, 0.25) is 0 Å². The van der Waals surface area contributed by atoms with Crippen LogP contribution < -0.4 is 10.1 Å². The van der Waals surface area contributed by atoms with Gasteiger partial charge in [0.1, 0.15) is 18.1 Å². The third kappa shape index (κ3) is 5.38. The summed E-state index contributed by atoms with van der Waals surface area (Å²) in [6, 6.07) is 14.9. The number of hydrogen-bond acceptors (Lipinski definition) is 2. The zero-order valence-electron chi connectivity index (χ0n) is 17.4. The largest absolute Gasteiger partial charge is 0.490 e. The molecule has 1 aromatic heterocycles. The molecule has 0 aliphatic carbocycles. The van der Waals surface area contributed by atoms with Crippen LogP contribution in [0.2, 0.25) is 10.0 Å². The summed E-state index contributed by atoms with van der Waals surface area (Å²) in [5, 5.41) is 4.20. The first kappa shape index (κ1) is 22.3. The highest BCUT2D eigenvalue weighted by Gasteiger charge is 2.21. The van der Waals surface area contributed by atoms with Crippen LogP contribution in [0.5, 0.6) is 5.75 Å². The maximum absolute atomic E-state index is 13.2. The van der Waals surface area contributed by atoms with Crippen molar-refractivity contribution < 1.29 is 9.53 Å². The van der Waals surface area contributed by atoms with Crippen molar-refractivity contribution in [3.05, 3.63) is 76.0 Å². The second-order valence-electron chi connectivity index (χ2n) is 7.62. The van der Waals surface area contributed by atoms with Crippen molar-refractivity contribution in [1.29, 1.82) is 0 Å². The molecule has 0 aliphatic heterocycles. The van der Waals surface area contributed by atoms with Gasteiger partial charge in [-0.25, -0.2) is 0 Å². The van der Waals surface area contributed by atoms with Crippen molar-refractivity contribution >= 4 is 29.1 Å². The van der Waals surface area contributed by atoms with E-state index in [1.807, 2.05) is 54.1 Å². The number of carbonyl (C=O) groups excluding carboxylic acids is 1. The van der Waals surface area contributed by atoms with Crippen molar-refractivity contribution in [2.75, 3.05) is 13.2 Å². The van der Waals surface area contributed by atoms with E-state index in [2.05, 4.69) is 19.2 Å². The molecule has 0 bridgehead atoms. The maximum Gasteiger partial charge on any atom is 0.268 e. The van der Waals surface area contributed by atoms with Gasteiger partial charge in [-0.05, 0) is 48.2 Å². The van der Waals surface area contributed by atoms with Gasteiger partial charge >= 0.3 is 0 Å². The fourth-order valence-corrected chi connectivity index (χ4v) is 3.74. The van der Waals surface area contributed by atoms with Crippen molar-refractivity contribution in [3.8, 4) is 16.9 Å². The molecule has 0 unspecified atom stereocenters. The molecule has 1 N–H and O–H groups in total. The molecule has 0 fully saturated rings. The van der Waals surface area contributed by atoms with Gasteiger partial charge in [-0.2, -0.15) is 0 Å². The minimum atomic E-state index is -0.128. The van der Waals surface area contributed by atoms with Crippen LogP contribution in [-0.2, 0) is 6.54 Å². The molecule has 3 rings (SSSR count). The van der Waals surface area contributed by atoms with E-state index in [-0.39, 0.29) is 5.91 Å². The molecule has 0 saturated heterocycles. The van der Waals surface area contributed by atoms with Crippen LogP contribution in [0.15, 0.2) is 54.7 Å². The number of para-hydroxylation sites is 1. The molecular formula is C24H26Cl2N2O2. The van der Waals surface area contributed by atoms with Gasteiger partial charge < -0.3 is 14.6 Å². The molecule has 0 radical (unpaired) electrons. The average molecular weight is 445 g/mol. The molecule has 0 atom stereocenters. The Kier molecular flexibility index (Phi) is 7.46. The monoisotopic (exact) mass is 444 g/mol. The minimum absolute atomic E-state index is 0.128. The van der Waals surface area contributed by atoms with Crippen LogP contribution >= 0.6 is 23.2 Å². The summed E-state index contributed by atoms with van der Waals surface area (Å²) in [7, 11) is 0. The molecule has 158 valence electrons. The van der Waals surface area contributed by atoms with Crippen molar-refractivity contribution in [2.24, 2.45) is 5.92 Å². The summed E-state index contributed by atoms with van der Waals surface area (Å²) in [6.07, 6.45) is 2.04. The molecule has 30 heavy (non-hydrogen) atoms. The number of aromatic nitrogens is 1. The first-order valence-corrected chi connectivity index (χ1v) is 10.7. The highest BCUT2D eigenvalue weighted by Crippen LogP contribution is 2.31. The van der Waals surface area contributed by atoms with E-state index >= 15 is 0 Å². The van der Waals surface area contributed by atoms with Gasteiger partial charge in [0, 0.05) is 23.3 Å². The summed E-state index contributed by atoms with van der Waals surface area (Å²) in [5.41, 5.74) is 3.60. The van der Waals surface area contributed by atoms with E-state index in [1.165, 1.54) is 0 Å². The predicted molar refractivity (Wildman–Crippen MR) is 124 cm³/mol. The summed E-state index contributed by atoms with van der Waals surface area (Å²) >= 11 is 12.2. The number of nitrogens with one attached hydrogen (secondary N) is 1. The van der Waals surface area contributed by atoms with Crippen LogP contribution in [0.3, 0.4) is 0 Å². The maximum atomic E-state index is 13.2. The Balaban J connectivity index is 1.79. The molecule has 2 aromatic carbocycles. The Morgan fingerprint density at radius 3 is 2.47 bits per heavy atom. The fourth-order valence-electron chi connectivity index (χ4n) is 3.43. The van der Waals surface area contributed by atoms with E-state index in [4.69, 9.17) is 27.9 Å². The Labute approximate surface area is 187 Å². The molecular weight excluding hydrogens is 419 g/mol. The summed E-state index contributed by atoms with van der Waals surface area (Å²) in [5.74, 6) is 0.885. The molecule has 0 spiro atoms. The topological polar surface area (TPSA) is 43.3 Å². The second kappa shape index (κ2) is 10.1. The number of nitrogens with zero attached hydrogens (tertiary/aromatic N) is 1. The lowest BCUT2D eigenvalue weighted by atomic mass is 10.0. The van der Waals surface area contributed by atoms with Crippen LogP contribution in [-0.4, -0.2) is 23.6 Å². The molecule has 1 heterocycles. The number of amides is 1. The van der Waals surface area contributed by atoms with Gasteiger partial charge in [-0.15, -0.1) is 0 Å². The van der Waals surface area contributed by atoms with E-state index < -0.39 is 0 Å². The predicted octanol–water partition coefficient (Wildman–Crippen LogP) is 6.24. The van der Waals surface area contributed by atoms with E-state index in [9.17, 15) is 4.79 Å². The van der Waals surface area contributed by atoms with E-state index in [0.29, 0.717) is 40.6 Å². The van der Waals surface area contributed by atoms with E-state index in [1.54, 1.807) is 12.1 Å². The summed E-state index contributed by atoms with van der Waals surface area (Å²) in [4.78, 5) is 13.2. The number of benzene rings is 2. The third-order valence-electron chi connectivity index (χ3n) is 4.66. The van der Waals surface area contributed by atoms with Gasteiger partial charge in [0.25, 0.3) is 5.91 Å². The van der Waals surface area contributed by atoms with Crippen molar-refractivity contribution in [1.82, 2.24) is 9.88 Å². The average Bonchev–Trinajstić information content (AvgIpc) is 3.02. The zero-order valence-corrected chi connectivity index (χ0v) is 18.9. The number of rotatable bonds is 8. The normalized spacial score (nSPS) is 11.0. The number of ether oxygens (including phenoxy) is 1. The second-order valence-corrected chi connectivity index (χ2v) is 8.47. The Bertz CT molecular complexity index is 1010. The van der Waals surface area contributed by atoms with Crippen molar-refractivity contribution in [2.45, 2.75) is 27.3 Å². The molecule has 0 aliphatic rings. The molecule has 4 nitrogen and oxygen atoms in total. The summed E-state index contributed by atoms with van der Waals surface area (Å²) < 4.78 is 7.72. The number of aryl methyl sites for hydroxylation is 1. The summed E-state index contributed by atoms with van der Waals surface area (Å²) in [6.45, 7) is 7.75. The quantitative estimate of drug-likeness (QED) is 0.418. The lowest BCUT2D eigenvalue weighted by Crippen LogP contribution is -2.30. The number of halogens is 2. The Morgan fingerprint density at radius 2 is 1.80 bits per heavy atom. The Morgan fingerprint density at radius 1 is 1.10 bits per heavy atom. The highest BCUT2D eigenvalue weighted by atomic mass is 35.5. The highest BCUT2D eigenvalue weighted by molar-refractivity contribution is 6.32. The smallest absolute Gasteiger partial charge is 0.268 e. The fraction of sp³-hybridized carbons (Fsp3) is 0.292. The van der Waals surface area contributed by atoms with Gasteiger partial charge in [-0.1, -0.05) is 61.3 Å². The lowest BCUT2D eigenvalue weighted by molar-refractivity contribution is 0.0937. The third-order valence-corrected chi connectivity index (χ3v) is 5.22. The molecule has 1 amide bonds. The number of carbonyl (C=O) groups is 1. The molecule has 6 heteroatoms. The van der Waals surface area contributed by atoms with E-state index in [0.717, 1.165) is 23.2 Å². The van der Waals surface area contributed by atoms with Crippen LogP contribution in [0, 0.1) is 12.8 Å². The van der Waals surface area contributed by atoms with Crippen LogP contribution in [0.1, 0.15) is 29.9 Å². The number of hydrogen-bond donors (Lipinski definition) is 1. The Hall–Kier alpha value is -2.43. The first-order chi connectivity index (χ1) is 14.4. The first-order valence-electron chi connectivity index (χ1n) is 9.98. The van der Waals surface area contributed by atoms with Gasteiger partial charge in [-0.3, -0.25) is 4.79 Å². The molecule has 3 aromatic rings. The van der Waals surface area contributed by atoms with Crippen molar-refractivity contribution in [3.63, 3.8) is 0 Å². The van der Waals surface area contributed by atoms with Gasteiger partial charge in [0.15, 0.2) is 0 Å². The zero-order chi connectivity index (χ0) is 21.7. The lowest BCUT2D eigenvalue weighted by Gasteiger charge is -2.14. The SMILES string of the molecule is Cc1cn(CC(C)C)c(C(=O)NCCOc2ccccc2Cl)c1-c1ccc(Cl)cc1. The molecule has 0 saturated carbocycles. The standard InChI is InChI=1S/C24H26Cl2N2O2/c1-16(2)14-28-15-17(3)22(18-8-10-19(25)11-9-18)23(28)24(29)27-12-13-30-21-7-5-4-6-20(21)26/h4-11,15-16H,12-14H2,1-3H3,(H,27,29).